The number of hydrogen-bond donors (Lipinski definition) is 1. The van der Waals surface area contributed by atoms with Crippen LogP contribution < -0.4 is 5.32 Å². The second-order valence-corrected chi connectivity index (χ2v) is 14.8. The van der Waals surface area contributed by atoms with Gasteiger partial charge in [-0.05, 0) is 111 Å². The van der Waals surface area contributed by atoms with Crippen LogP contribution in [0.4, 0.5) is 0 Å². The van der Waals surface area contributed by atoms with Gasteiger partial charge in [0, 0.05) is 43.9 Å². The average Bonchev–Trinajstić information content (AvgIpc) is 3.58. The Morgan fingerprint density at radius 2 is 1.97 bits per heavy atom. The number of rotatable bonds is 5. The van der Waals surface area contributed by atoms with Gasteiger partial charge in [-0.3, -0.25) is 9.59 Å². The number of hydrogen-bond acceptors (Lipinski definition) is 4. The number of carbonyl (C=O) groups excluding carboxylic acids is 2. The number of nitrogens with one attached hydrogen (secondary N) is 1. The van der Waals surface area contributed by atoms with E-state index >= 15 is 0 Å². The summed E-state index contributed by atoms with van der Waals surface area (Å²) in [6.45, 7) is 7.87. The Bertz CT molecular complexity index is 1100. The van der Waals surface area contributed by atoms with E-state index in [9.17, 15) is 9.59 Å². The molecule has 6 rings (SSSR count). The van der Waals surface area contributed by atoms with Crippen molar-refractivity contribution >= 4 is 23.2 Å². The molecule has 0 aromatic carbocycles. The lowest BCUT2D eigenvalue weighted by Crippen LogP contribution is -2.55. The quantitative estimate of drug-likeness (QED) is 0.504. The van der Waals surface area contributed by atoms with Gasteiger partial charge in [-0.1, -0.05) is 24.6 Å². The second-order valence-electron chi connectivity index (χ2n) is 13.8. The fourth-order valence-corrected chi connectivity index (χ4v) is 11.0. The summed E-state index contributed by atoms with van der Waals surface area (Å²) in [7, 11) is 4.32. The van der Waals surface area contributed by atoms with Gasteiger partial charge in [0.1, 0.15) is 6.04 Å². The van der Waals surface area contributed by atoms with E-state index in [4.69, 9.17) is 0 Å². The topological polar surface area (TPSA) is 52.7 Å². The summed E-state index contributed by atoms with van der Waals surface area (Å²) in [5, 5.41) is 4.97. The van der Waals surface area contributed by atoms with E-state index in [1.807, 2.05) is 29.5 Å². The maximum atomic E-state index is 13.6. The van der Waals surface area contributed by atoms with Crippen LogP contribution in [0.25, 0.3) is 0 Å². The van der Waals surface area contributed by atoms with E-state index in [0.717, 1.165) is 47.4 Å². The van der Waals surface area contributed by atoms with Crippen molar-refractivity contribution in [3.63, 3.8) is 0 Å². The van der Waals surface area contributed by atoms with E-state index in [-0.39, 0.29) is 23.3 Å². The van der Waals surface area contributed by atoms with Crippen LogP contribution >= 0.6 is 11.3 Å². The molecular weight excluding hydrogens is 490 g/mol. The van der Waals surface area contributed by atoms with Crippen molar-refractivity contribution < 1.29 is 9.59 Å². The predicted octanol–water partition coefficient (Wildman–Crippen LogP) is 5.52. The van der Waals surface area contributed by atoms with Crippen LogP contribution in [-0.4, -0.2) is 60.4 Å². The number of likely N-dealkylation sites (tertiary alicyclic amines) is 1. The van der Waals surface area contributed by atoms with Gasteiger partial charge in [-0.2, -0.15) is 0 Å². The van der Waals surface area contributed by atoms with Gasteiger partial charge in [-0.25, -0.2) is 0 Å². The molecule has 1 N–H and O–H groups in total. The zero-order chi connectivity index (χ0) is 26.8. The normalized spacial score (nSPS) is 40.8. The number of allylic oxidation sites excluding steroid dienone is 1. The summed E-state index contributed by atoms with van der Waals surface area (Å²) < 4.78 is 0. The first kappa shape index (κ1) is 26.6. The standard InChI is InChI=1S/C32H47N3O2S/c1-20-26-10-11-28-25-9-8-22-17-23(12-14-31(22,3)27(25)13-15-32(26,28)19-34(20)4)35(5)30(37)29(33-21(2)36)18-24-7-6-16-38-24/h6-8,16,20,23,25-29H,9-15,17-19H2,1-5H3,(H,33,36)/t20-,23-,25+,26+,27-,28-,29-,31-,32-/m0/s1. The van der Waals surface area contributed by atoms with Crippen molar-refractivity contribution in [2.24, 2.45) is 34.5 Å². The van der Waals surface area contributed by atoms with Crippen LogP contribution in [0.15, 0.2) is 29.2 Å². The molecule has 208 valence electrons. The highest BCUT2D eigenvalue weighted by Gasteiger charge is 2.64. The number of nitrogens with zero attached hydrogens (tertiary/aromatic N) is 2. The van der Waals surface area contributed by atoms with Crippen molar-refractivity contribution in [3.8, 4) is 0 Å². The minimum absolute atomic E-state index is 0.0487. The molecule has 4 fully saturated rings. The van der Waals surface area contributed by atoms with E-state index in [1.165, 1.54) is 52.0 Å². The van der Waals surface area contributed by atoms with Crippen molar-refractivity contribution in [1.82, 2.24) is 15.1 Å². The zero-order valence-corrected chi connectivity index (χ0v) is 24.9. The molecular formula is C32H47N3O2S. The molecule has 0 radical (unpaired) electrons. The molecule has 4 aliphatic carbocycles. The third kappa shape index (κ3) is 4.11. The van der Waals surface area contributed by atoms with Gasteiger partial charge in [0.25, 0.3) is 0 Å². The maximum Gasteiger partial charge on any atom is 0.245 e. The van der Waals surface area contributed by atoms with Crippen LogP contribution in [0.2, 0.25) is 0 Å². The highest BCUT2D eigenvalue weighted by molar-refractivity contribution is 7.09. The summed E-state index contributed by atoms with van der Waals surface area (Å²) in [6, 6.07) is 4.52. The first-order valence-electron chi connectivity index (χ1n) is 15.1. The molecule has 1 aromatic heterocycles. The number of thiophene rings is 1. The number of fused-ring (bicyclic) bond motifs is 4. The Hall–Kier alpha value is -1.66. The molecule has 1 saturated heterocycles. The first-order valence-corrected chi connectivity index (χ1v) is 16.0. The molecule has 2 amide bonds. The van der Waals surface area contributed by atoms with Gasteiger partial charge in [-0.15, -0.1) is 11.3 Å². The van der Waals surface area contributed by atoms with Crippen molar-refractivity contribution in [3.05, 3.63) is 34.0 Å². The third-order valence-corrected chi connectivity index (χ3v) is 13.1. The van der Waals surface area contributed by atoms with Crippen LogP contribution in [0.5, 0.6) is 0 Å². The highest BCUT2D eigenvalue weighted by Crippen LogP contribution is 2.68. The van der Waals surface area contributed by atoms with Crippen LogP contribution in [-0.2, 0) is 16.0 Å². The first-order chi connectivity index (χ1) is 18.1. The van der Waals surface area contributed by atoms with Gasteiger partial charge in [0.2, 0.25) is 11.8 Å². The van der Waals surface area contributed by atoms with Crippen LogP contribution in [0.1, 0.15) is 77.0 Å². The van der Waals surface area contributed by atoms with E-state index in [2.05, 4.69) is 37.2 Å². The van der Waals surface area contributed by atoms with Crippen molar-refractivity contribution in [2.45, 2.75) is 96.7 Å². The third-order valence-electron chi connectivity index (χ3n) is 12.2. The lowest BCUT2D eigenvalue weighted by atomic mass is 9.47. The molecule has 6 heteroatoms. The van der Waals surface area contributed by atoms with Gasteiger partial charge in [0.05, 0.1) is 0 Å². The van der Waals surface area contributed by atoms with Crippen LogP contribution in [0, 0.1) is 34.5 Å². The smallest absolute Gasteiger partial charge is 0.245 e. The second kappa shape index (κ2) is 9.76. The maximum absolute atomic E-state index is 13.6. The minimum atomic E-state index is -0.494. The summed E-state index contributed by atoms with van der Waals surface area (Å²) in [4.78, 5) is 31.4. The fourth-order valence-electron chi connectivity index (χ4n) is 10.3. The molecule has 38 heavy (non-hydrogen) atoms. The predicted molar refractivity (Wildman–Crippen MR) is 154 cm³/mol. The molecule has 9 atom stereocenters. The number of likely N-dealkylation sites (N-methyl/N-ethyl adjacent to an activating group) is 1. The molecule has 2 heterocycles. The molecule has 1 aliphatic heterocycles. The lowest BCUT2D eigenvalue weighted by molar-refractivity contribution is -0.137. The van der Waals surface area contributed by atoms with Crippen molar-refractivity contribution in [1.29, 1.82) is 0 Å². The SMILES string of the molecule is CC(=O)N[C@@H](Cc1cccs1)C(=O)N(C)[C@H]1CC[C@@]2(C)C(=CC[C@H]3[C@@H]4CC[C@@H]5[C@H](C)N(C)C[C@@]54CC[C@@H]32)C1. The Morgan fingerprint density at radius 1 is 1.18 bits per heavy atom. The Labute approximate surface area is 233 Å². The van der Waals surface area contributed by atoms with E-state index < -0.39 is 6.04 Å². The molecule has 3 saturated carbocycles. The largest absolute Gasteiger partial charge is 0.344 e. The minimum Gasteiger partial charge on any atom is -0.344 e. The molecule has 5 aliphatic rings. The highest BCUT2D eigenvalue weighted by atomic mass is 32.1. The zero-order valence-electron chi connectivity index (χ0n) is 24.0. The van der Waals surface area contributed by atoms with Gasteiger partial charge in [0.15, 0.2) is 0 Å². The summed E-state index contributed by atoms with van der Waals surface area (Å²) in [5.74, 6) is 3.34. The Balaban J connectivity index is 1.18. The summed E-state index contributed by atoms with van der Waals surface area (Å²) in [5.41, 5.74) is 2.47. The Kier molecular flexibility index (Phi) is 6.82. The average molecular weight is 538 g/mol. The molecule has 1 spiro atoms. The Morgan fingerprint density at radius 3 is 2.71 bits per heavy atom. The van der Waals surface area contributed by atoms with Crippen LogP contribution in [0.3, 0.4) is 0 Å². The van der Waals surface area contributed by atoms with Gasteiger partial charge < -0.3 is 15.1 Å². The summed E-state index contributed by atoms with van der Waals surface area (Å²) >= 11 is 1.65. The lowest BCUT2D eigenvalue weighted by Gasteiger charge is -2.58. The molecule has 0 unspecified atom stereocenters. The fraction of sp³-hybridized carbons (Fsp3) is 0.750. The summed E-state index contributed by atoms with van der Waals surface area (Å²) in [6.07, 6.45) is 13.3. The van der Waals surface area contributed by atoms with E-state index in [1.54, 1.807) is 16.9 Å². The van der Waals surface area contributed by atoms with Gasteiger partial charge >= 0.3 is 0 Å². The number of carbonyl (C=O) groups is 2. The number of amides is 2. The van der Waals surface area contributed by atoms with Crippen molar-refractivity contribution in [2.75, 3.05) is 20.6 Å². The molecule has 0 bridgehead atoms. The van der Waals surface area contributed by atoms with E-state index in [0.29, 0.717) is 11.8 Å². The molecule has 1 aromatic rings. The molecule has 5 nitrogen and oxygen atoms in total. The monoisotopic (exact) mass is 537 g/mol.